The molecule has 0 bridgehead atoms. The molecule has 0 atom stereocenters. The van der Waals surface area contributed by atoms with E-state index in [1.54, 1.807) is 0 Å². The van der Waals surface area contributed by atoms with Gasteiger partial charge in [-0.1, -0.05) is 0 Å². The van der Waals surface area contributed by atoms with E-state index < -0.39 is 0 Å². The molecule has 0 saturated heterocycles. The summed E-state index contributed by atoms with van der Waals surface area (Å²) in [5, 5.41) is 0. The van der Waals surface area contributed by atoms with Gasteiger partial charge in [0, 0.05) is 200 Å². The Morgan fingerprint density at radius 1 is 0.222 bits per heavy atom. The first kappa shape index (κ1) is 64.9. The molecule has 9 heavy (non-hydrogen) atoms. The van der Waals surface area contributed by atoms with Gasteiger partial charge in [-0.15, -0.1) is 0 Å². The summed E-state index contributed by atoms with van der Waals surface area (Å²) in [4.78, 5) is 0. The summed E-state index contributed by atoms with van der Waals surface area (Å²) in [6.45, 7) is 0. The third kappa shape index (κ3) is 47.5. The van der Waals surface area contributed by atoms with Crippen molar-refractivity contribution in [2.24, 2.45) is 0 Å². The summed E-state index contributed by atoms with van der Waals surface area (Å²) >= 11 is 0. The van der Waals surface area contributed by atoms with Gasteiger partial charge < -0.3 is 0 Å². The Morgan fingerprint density at radius 3 is 0.222 bits per heavy atom. The Morgan fingerprint density at radius 2 is 0.222 bits per heavy atom. The van der Waals surface area contributed by atoms with E-state index in [9.17, 15) is 0 Å². The van der Waals surface area contributed by atoms with Crippen molar-refractivity contribution >= 4 is 70.4 Å². The predicted octanol–water partition coefficient (Wildman–Crippen LogP) is -5.81. The van der Waals surface area contributed by atoms with Crippen molar-refractivity contribution < 1.29 is 200 Å². The molecule has 0 aromatic heterocycles. The fourth-order valence-electron chi connectivity index (χ4n) is 0. The van der Waals surface area contributed by atoms with Gasteiger partial charge in [0.25, 0.3) is 0 Å². The molecule has 0 saturated carbocycles. The quantitative estimate of drug-likeness (QED) is 0.213. The normalized spacial score (nSPS) is 0. The topological polar surface area (TPSA) is 0 Å². The van der Waals surface area contributed by atoms with Crippen molar-refractivity contribution in [3.63, 3.8) is 0 Å². The molecule has 0 nitrogen and oxygen atoms in total. The van der Waals surface area contributed by atoms with Gasteiger partial charge in [0.15, 0.2) is 0 Å². The van der Waals surface area contributed by atoms with Gasteiger partial charge in [-0.25, -0.2) is 0 Å². The van der Waals surface area contributed by atoms with Gasteiger partial charge in [0.2, 0.25) is 0 Å². The molecule has 0 unspecified atom stereocenters. The number of hydrogen-bond donors (Lipinski definition) is 0. The summed E-state index contributed by atoms with van der Waals surface area (Å²) in [5.74, 6) is 0. The van der Waals surface area contributed by atoms with E-state index in [0.717, 1.165) is 0 Å². The van der Waals surface area contributed by atoms with Gasteiger partial charge in [0.05, 0.1) is 0 Å². The van der Waals surface area contributed by atoms with Gasteiger partial charge >= 0.3 is 70.4 Å². The van der Waals surface area contributed by atoms with Crippen LogP contribution in [0.2, 0.25) is 0 Å². The third-order valence-corrected chi connectivity index (χ3v) is 0. The van der Waals surface area contributed by atoms with Crippen LogP contribution in [0.15, 0.2) is 0 Å². The molecule has 0 radical (unpaired) electrons. The van der Waals surface area contributed by atoms with E-state index in [-0.39, 0.29) is 270 Å². The SMILES string of the molecule is [Gd].[Gd].[Gd].[Gd].[Gd].[GeH4].[GeH4].[GeH4].[GeH4]. The molecule has 0 fully saturated rings. The molecule has 0 aromatic carbocycles. The van der Waals surface area contributed by atoms with Crippen molar-refractivity contribution in [3.8, 4) is 0 Å². The molecular formula is H16Gd5Ge4. The van der Waals surface area contributed by atoms with Crippen LogP contribution in [0.3, 0.4) is 0 Å². The Balaban J connectivity index is 0. The average molecular weight is 1090 g/mol. The van der Waals surface area contributed by atoms with Crippen molar-refractivity contribution in [2.75, 3.05) is 0 Å². The molecule has 0 heterocycles. The molecule has 0 amide bonds. The van der Waals surface area contributed by atoms with E-state index in [4.69, 9.17) is 0 Å². The fourth-order valence-corrected chi connectivity index (χ4v) is 0. The predicted molar refractivity (Wildman–Crippen MR) is 45.3 cm³/mol. The monoisotopic (exact) mass is 1100 g/mol. The van der Waals surface area contributed by atoms with Crippen molar-refractivity contribution in [2.45, 2.75) is 0 Å². The van der Waals surface area contributed by atoms with Crippen molar-refractivity contribution in [3.05, 3.63) is 0 Å². The summed E-state index contributed by atoms with van der Waals surface area (Å²) in [7, 11) is 0. The third-order valence-electron chi connectivity index (χ3n) is 0. The Bertz CT molecular complexity index is 8.92. The zero-order chi connectivity index (χ0) is 0. The average Bonchev–Trinajstić information content (AvgIpc) is 0. The zero-order valence-corrected chi connectivity index (χ0v) is 13.1. The Labute approximate surface area is 261 Å². The Hall–Kier alpha value is 8.79. The van der Waals surface area contributed by atoms with Gasteiger partial charge in [0.1, 0.15) is 0 Å². The fraction of sp³-hybridized carbons (Fsp3) is 0. The van der Waals surface area contributed by atoms with E-state index in [1.807, 2.05) is 0 Å². The maximum atomic E-state index is 0. The maximum absolute atomic E-state index is 0. The standard InChI is InChI=1S/5Gd.4GeH4/h;;;;;4*1H4. The van der Waals surface area contributed by atoms with Crippen LogP contribution >= 0.6 is 0 Å². The van der Waals surface area contributed by atoms with Crippen LogP contribution in [0, 0.1) is 200 Å². The minimum atomic E-state index is 0. The summed E-state index contributed by atoms with van der Waals surface area (Å²) in [6.07, 6.45) is 0. The molecule has 0 aliphatic carbocycles. The summed E-state index contributed by atoms with van der Waals surface area (Å²) in [5.41, 5.74) is 0. The molecule has 0 N–H and O–H groups in total. The molecule has 0 aliphatic heterocycles. The molecule has 9 heteroatoms. The first-order valence-corrected chi connectivity index (χ1v) is 0. The second-order valence-corrected chi connectivity index (χ2v) is 0. The second kappa shape index (κ2) is 54.2. The molecule has 0 aromatic rings. The summed E-state index contributed by atoms with van der Waals surface area (Å²) < 4.78 is 0. The van der Waals surface area contributed by atoms with Gasteiger partial charge in [-0.3, -0.25) is 0 Å². The Kier molecular flexibility index (Phi) is 391. The number of hydrogen-bond acceptors (Lipinski definition) is 0. The van der Waals surface area contributed by atoms with Crippen LogP contribution in [-0.2, 0) is 0 Å². The van der Waals surface area contributed by atoms with Crippen molar-refractivity contribution in [1.29, 1.82) is 0 Å². The van der Waals surface area contributed by atoms with Crippen LogP contribution in [0.4, 0.5) is 0 Å². The molecule has 72 valence electrons. The van der Waals surface area contributed by atoms with E-state index in [2.05, 4.69) is 0 Å². The van der Waals surface area contributed by atoms with Crippen LogP contribution in [0.25, 0.3) is 0 Å². The molecular weight excluding hydrogens is 1080 g/mol. The van der Waals surface area contributed by atoms with E-state index in [1.165, 1.54) is 0 Å². The van der Waals surface area contributed by atoms with Crippen LogP contribution in [-0.4, -0.2) is 70.4 Å². The van der Waals surface area contributed by atoms with Crippen LogP contribution in [0.1, 0.15) is 0 Å². The second-order valence-electron chi connectivity index (χ2n) is 0. The molecule has 0 rings (SSSR count). The zero-order valence-electron chi connectivity index (χ0n) is 1.77. The number of rotatable bonds is 0. The first-order chi connectivity index (χ1) is 0. The van der Waals surface area contributed by atoms with Crippen molar-refractivity contribution in [1.82, 2.24) is 0 Å². The minimum absolute atomic E-state index is 0. The van der Waals surface area contributed by atoms with Gasteiger partial charge in [-0.05, 0) is 0 Å². The van der Waals surface area contributed by atoms with E-state index >= 15 is 0 Å². The summed E-state index contributed by atoms with van der Waals surface area (Å²) in [6, 6.07) is 0. The van der Waals surface area contributed by atoms with E-state index in [0.29, 0.717) is 0 Å². The first-order valence-electron chi connectivity index (χ1n) is 0. The van der Waals surface area contributed by atoms with Crippen LogP contribution < -0.4 is 0 Å². The molecule has 0 aliphatic rings. The van der Waals surface area contributed by atoms with Crippen LogP contribution in [0.5, 0.6) is 0 Å². The van der Waals surface area contributed by atoms with Gasteiger partial charge in [-0.2, -0.15) is 0 Å². The molecule has 0 spiro atoms.